The fourth-order valence-corrected chi connectivity index (χ4v) is 17.9. The summed E-state index contributed by atoms with van der Waals surface area (Å²) < 4.78 is 36.1. The number of amides is 6. The first-order valence-corrected chi connectivity index (χ1v) is 38.7. The van der Waals surface area contributed by atoms with Crippen LogP contribution >= 0.6 is 58.0 Å². The number of halogens is 5. The maximum absolute atomic E-state index is 12.8. The van der Waals surface area contributed by atoms with Crippen LogP contribution in [0.5, 0.6) is 0 Å². The minimum atomic E-state index is -3.26. The van der Waals surface area contributed by atoms with Crippen molar-refractivity contribution in [3.63, 3.8) is 0 Å². The Bertz CT molecular complexity index is 5120. The van der Waals surface area contributed by atoms with Crippen molar-refractivity contribution in [1.29, 1.82) is 0 Å². The van der Waals surface area contributed by atoms with Crippen LogP contribution in [0.4, 0.5) is 38.2 Å². The van der Waals surface area contributed by atoms with Crippen molar-refractivity contribution >= 4 is 181 Å². The van der Waals surface area contributed by atoms with E-state index in [1.54, 1.807) is 36.9 Å². The van der Waals surface area contributed by atoms with Gasteiger partial charge in [-0.1, -0.05) is 63.2 Å². The first-order chi connectivity index (χ1) is 50.5. The number of aromatic amines is 4. The van der Waals surface area contributed by atoms with Crippen LogP contribution in [0.3, 0.4) is 0 Å². The maximum atomic E-state index is 12.8. The van der Waals surface area contributed by atoms with Gasteiger partial charge in [-0.3, -0.25) is 44.6 Å². The van der Waals surface area contributed by atoms with Gasteiger partial charge in [-0.15, -0.1) is 0 Å². The molecule has 5 aromatic heterocycles. The zero-order valence-electron chi connectivity index (χ0n) is 59.2. The molecule has 12 heterocycles. The molecule has 9 N–H and O–H groups in total. The highest BCUT2D eigenvalue weighted by molar-refractivity contribution is 7.88. The fraction of sp³-hybridized carbons (Fsp3) is 0.437. The number of H-pyrrole nitrogens is 4. The van der Waals surface area contributed by atoms with E-state index < -0.39 is 32.2 Å². The highest BCUT2D eigenvalue weighted by Crippen LogP contribution is 2.42. The number of ketones is 1. The number of hydrogen-bond donors (Lipinski definition) is 8. The Morgan fingerprint density at radius 1 is 0.566 bits per heavy atom. The molecule has 0 unspecified atom stereocenters. The third-order valence-electron chi connectivity index (χ3n) is 20.7. The number of nitrogens with zero attached hydrogens (tertiary/aromatic N) is 12. The number of ether oxygens (including phenoxy) is 1. The van der Waals surface area contributed by atoms with E-state index in [0.29, 0.717) is 153 Å². The summed E-state index contributed by atoms with van der Waals surface area (Å²) in [6.07, 6.45) is 13.4. The molecule has 7 saturated heterocycles. The number of nitrogens with two attached hydrogens (primary N) is 1. The lowest BCUT2D eigenvalue weighted by Crippen LogP contribution is -2.60. The summed E-state index contributed by atoms with van der Waals surface area (Å²) in [5.74, 6) is 0.367. The number of aliphatic hydroxyl groups is 1. The van der Waals surface area contributed by atoms with Crippen molar-refractivity contribution in [1.82, 2.24) is 70.7 Å². The van der Waals surface area contributed by atoms with Gasteiger partial charge in [0, 0.05) is 167 Å². The monoisotopic (exact) mass is 1570 g/mol. The van der Waals surface area contributed by atoms with Crippen molar-refractivity contribution in [3.05, 3.63) is 116 Å². The van der Waals surface area contributed by atoms with Gasteiger partial charge in [0.15, 0.2) is 17.2 Å². The number of urea groups is 2. The van der Waals surface area contributed by atoms with E-state index >= 15 is 0 Å². The molecule has 29 nitrogen and oxygen atoms in total. The van der Waals surface area contributed by atoms with Gasteiger partial charge in [-0.05, 0) is 133 Å². The van der Waals surface area contributed by atoms with Crippen molar-refractivity contribution in [2.45, 2.75) is 114 Å². The molecule has 0 bridgehead atoms. The average molecular weight is 1570 g/mol. The number of Topliss-reactive ketones (excluding diaryl/α,β-unsaturated/α-hetero) is 1. The minimum absolute atomic E-state index is 0.103. The van der Waals surface area contributed by atoms with Crippen LogP contribution in [-0.2, 0) is 34.7 Å². The molecule has 0 atom stereocenters. The molecule has 7 fully saturated rings. The van der Waals surface area contributed by atoms with E-state index in [1.807, 2.05) is 83.1 Å². The molecule has 10 aromatic rings. The molecule has 0 radical (unpaired) electrons. The van der Waals surface area contributed by atoms with E-state index in [-0.39, 0.29) is 41.5 Å². The summed E-state index contributed by atoms with van der Waals surface area (Å²) in [4.78, 5) is 72.2. The second-order valence-corrected chi connectivity index (χ2v) is 32.6. The summed E-state index contributed by atoms with van der Waals surface area (Å²) >= 11 is 30.8. The molecule has 35 heteroatoms. The highest BCUT2D eigenvalue weighted by atomic mass is 35.5. The molecule has 7 aliphatic rings. The number of rotatable bonds is 8. The van der Waals surface area contributed by atoms with Crippen LogP contribution in [0.25, 0.3) is 54.6 Å². The number of anilines is 5. The lowest BCUT2D eigenvalue weighted by Gasteiger charge is -2.46. The Hall–Kier alpha value is -8.72. The number of hydrogen-bond acceptors (Lipinski definition) is 20. The first kappa shape index (κ1) is 75.5. The van der Waals surface area contributed by atoms with Crippen molar-refractivity contribution in [2.75, 3.05) is 110 Å². The van der Waals surface area contributed by atoms with E-state index in [2.05, 4.69) is 76.2 Å². The van der Waals surface area contributed by atoms with Crippen molar-refractivity contribution in [2.24, 2.45) is 0 Å². The molecule has 106 heavy (non-hydrogen) atoms. The van der Waals surface area contributed by atoms with Crippen LogP contribution in [0, 0.1) is 0 Å². The molecule has 562 valence electrons. The third-order valence-corrected chi connectivity index (χ3v) is 23.3. The number of imide groups is 2. The number of carbonyl (C=O) groups excluding carboxylic acids is 5. The van der Waals surface area contributed by atoms with Crippen LogP contribution < -0.4 is 36.0 Å². The van der Waals surface area contributed by atoms with Gasteiger partial charge < -0.3 is 50.3 Å². The molecule has 2 spiro atoms. The number of aromatic nitrogens is 9. The molecule has 0 saturated carbocycles. The molecule has 7 aliphatic heterocycles. The Kier molecular flexibility index (Phi) is 21.5. The number of nitrogen functional groups attached to an aromatic ring is 1. The Morgan fingerprint density at radius 3 is 1.50 bits per heavy atom. The molecular formula is C71H82Cl5N19O10S. The number of fused-ring (bicyclic) bond motifs is 5. The zero-order chi connectivity index (χ0) is 75.4. The Labute approximate surface area is 634 Å². The normalized spacial score (nSPS) is 19.4. The summed E-state index contributed by atoms with van der Waals surface area (Å²) in [6.45, 7) is 16.3. The van der Waals surface area contributed by atoms with Crippen molar-refractivity contribution in [3.8, 4) is 0 Å². The second-order valence-electron chi connectivity index (χ2n) is 28.5. The van der Waals surface area contributed by atoms with Gasteiger partial charge in [0.1, 0.15) is 11.1 Å². The third kappa shape index (κ3) is 15.2. The predicted octanol–water partition coefficient (Wildman–Crippen LogP) is 11.2. The number of likely N-dealkylation sites (N-methyl/N-ethyl adjacent to an activating group) is 1. The Morgan fingerprint density at radius 2 is 1.03 bits per heavy atom. The summed E-state index contributed by atoms with van der Waals surface area (Å²) in [5, 5.41) is 55.9. The highest BCUT2D eigenvalue weighted by Gasteiger charge is 2.54. The topological polar surface area (TPSA) is 362 Å². The van der Waals surface area contributed by atoms with Gasteiger partial charge >= 0.3 is 12.1 Å². The summed E-state index contributed by atoms with van der Waals surface area (Å²) in [6, 6.07) is 17.7. The van der Waals surface area contributed by atoms with Gasteiger partial charge in [0.05, 0.1) is 76.3 Å². The van der Waals surface area contributed by atoms with Crippen LogP contribution in [0.15, 0.2) is 90.0 Å². The number of sulfonamides is 1. The lowest BCUT2D eigenvalue weighted by molar-refractivity contribution is -0.133. The number of piperazine rings is 1. The molecule has 0 aliphatic carbocycles. The van der Waals surface area contributed by atoms with Gasteiger partial charge in [-0.2, -0.15) is 24.7 Å². The van der Waals surface area contributed by atoms with Crippen LogP contribution in [0.1, 0.15) is 91.5 Å². The largest absolute Gasteiger partial charge is 0.385 e. The fourth-order valence-electron chi connectivity index (χ4n) is 15.4. The number of carbonyl (C=O) groups is 5. The number of nitrogens with one attached hydrogen (secondary N) is 6. The second kappa shape index (κ2) is 30.1. The molecular weight excluding hydrogens is 1490 g/mol. The van der Waals surface area contributed by atoms with Gasteiger partial charge in [0.25, 0.3) is 11.8 Å². The summed E-state index contributed by atoms with van der Waals surface area (Å²) in [7, 11) is -3.26. The van der Waals surface area contributed by atoms with Crippen LogP contribution in [0.2, 0.25) is 25.1 Å². The standard InChI is InChI=1S/C17H20ClN5O2.C16H18ClN5O2.C14H19ClN4O3S.C12H12ClN3O.C12H13ClN2O2/c1-10(2)23-15(24)17(20-16(23)25)3-5-22(6-4-17)14-8-11(18)7-13-12(14)9-19-21-13;1-2-22-14(23)16(19-15(22)24)3-5-21(6-4-16)13-8-10(17)7-12-11(13)9-18-20-12;1-14(2)8-18(4-5-19(14)23(3,20)21)11-7-9(15)6-10-12(11)22-17-13(10)16;13-8-4-11-10(6-14-15-11)12(5-8)16-3-1-2-9(17)7-16;13-8-5-10(9-7-14-15-11(9)6-8)12(16)1-3-17-4-2-12/h7-10H,3-6H2,1-2H3,(H,19,21)(H,20,25);7-9H,2-6H2,1H3,(H,18,20)(H,19,24);6-7H,4-5,8H2,1-3H3,(H2,16,17);4-6H,1-3,7H2,(H,14,15);5-7,16H,1-4H2,(H,14,15). The van der Waals surface area contributed by atoms with Gasteiger partial charge in [0.2, 0.25) is 10.0 Å². The minimum Gasteiger partial charge on any atom is -0.385 e. The summed E-state index contributed by atoms with van der Waals surface area (Å²) in [5.41, 5.74) is 11.6. The molecule has 17 rings (SSSR count). The van der Waals surface area contributed by atoms with Crippen molar-refractivity contribution < 1.29 is 46.8 Å². The van der Waals surface area contributed by atoms with Crippen LogP contribution in [-0.4, -0.2) is 211 Å². The smallest absolute Gasteiger partial charge is 0.325 e. The molecule has 5 aromatic carbocycles. The number of benzene rings is 5. The van der Waals surface area contributed by atoms with Gasteiger partial charge in [-0.25, -0.2) is 18.0 Å². The zero-order valence-corrected chi connectivity index (χ0v) is 63.8. The quantitative estimate of drug-likeness (QED) is 0.0655. The predicted molar refractivity (Wildman–Crippen MR) is 411 cm³/mol. The van der Waals surface area contributed by atoms with E-state index in [9.17, 15) is 37.5 Å². The van der Waals surface area contributed by atoms with E-state index in [0.717, 1.165) is 84.9 Å². The number of piperidine rings is 3. The lowest BCUT2D eigenvalue weighted by atomic mass is 9.85. The van der Waals surface area contributed by atoms with E-state index in [4.69, 9.17) is 73.0 Å². The SMILES string of the molecule is CC(C)N1C(=O)NC2(CCN(c3cc(Cl)cc4[nH]ncc34)CC2)C1=O.CC1(C)CN(c2cc(Cl)cc3c(N)noc23)CCN1S(C)(=O)=O.CCN1C(=O)NC2(CCN(c3cc(Cl)cc4[nH]ncc34)CC2)C1=O.O=C1CCCN(c2cc(Cl)cc3[nH]ncc23)C1.OC1(c2cc(Cl)cc3[nH]ncc23)CCOCC1. The first-order valence-electron chi connectivity index (χ1n) is 34.9. The molecule has 6 amide bonds. The Balaban J connectivity index is 0.000000118. The maximum Gasteiger partial charge on any atom is 0.325 e. The average Bonchev–Trinajstić information content (AvgIpc) is 1.60. The van der Waals surface area contributed by atoms with E-state index in [1.165, 1.54) is 20.4 Å².